The molecule has 1 aromatic carbocycles. The average Bonchev–Trinajstić information content (AvgIpc) is 2.68. The van der Waals surface area contributed by atoms with Gasteiger partial charge in [0, 0.05) is 11.8 Å². The first kappa shape index (κ1) is 9.64. The molecule has 3 nitrogen and oxygen atoms in total. The highest BCUT2D eigenvalue weighted by Crippen LogP contribution is 2.22. The Balaban J connectivity index is 2.33. The maximum absolute atomic E-state index is 12.2. The Morgan fingerprint density at radius 1 is 1.13 bits per heavy atom. The van der Waals surface area contributed by atoms with Gasteiger partial charge in [0.1, 0.15) is 5.75 Å². The molecule has 15 heavy (non-hydrogen) atoms. The Hall–Kier alpha value is -1.91. The number of hydrogen-bond donors (Lipinski definition) is 1. The van der Waals surface area contributed by atoms with Crippen LogP contribution in [-0.4, -0.2) is 14.9 Å². The van der Waals surface area contributed by atoms with E-state index in [0.717, 1.165) is 5.56 Å². The summed E-state index contributed by atoms with van der Waals surface area (Å²) in [5.74, 6) is 0.139. The number of aromatic hydroxyl groups is 1. The van der Waals surface area contributed by atoms with E-state index in [2.05, 4.69) is 5.10 Å². The molecule has 2 aromatic rings. The molecule has 0 saturated heterocycles. The van der Waals surface area contributed by atoms with Crippen molar-refractivity contribution in [3.05, 3.63) is 36.7 Å². The molecule has 0 aliphatic heterocycles. The summed E-state index contributed by atoms with van der Waals surface area (Å²) in [6, 6.07) is 6.27. The lowest BCUT2D eigenvalue weighted by atomic mass is 10.1. The van der Waals surface area contributed by atoms with Crippen LogP contribution >= 0.6 is 0 Å². The molecule has 0 bridgehead atoms. The zero-order chi connectivity index (χ0) is 10.8. The van der Waals surface area contributed by atoms with E-state index < -0.39 is 6.55 Å². The Labute approximate surface area is 84.6 Å². The van der Waals surface area contributed by atoms with Crippen molar-refractivity contribution in [2.24, 2.45) is 0 Å². The van der Waals surface area contributed by atoms with Gasteiger partial charge in [-0.05, 0) is 17.7 Å². The van der Waals surface area contributed by atoms with Gasteiger partial charge in [0.05, 0.1) is 6.20 Å². The molecular weight excluding hydrogens is 202 g/mol. The molecule has 0 saturated carbocycles. The number of phenols is 1. The van der Waals surface area contributed by atoms with Crippen molar-refractivity contribution < 1.29 is 13.9 Å². The topological polar surface area (TPSA) is 38.1 Å². The minimum Gasteiger partial charge on any atom is -0.508 e. The standard InChI is InChI=1S/C10H8F2N2O/c11-10(12)14-6-8(5-13-14)7-1-3-9(15)4-2-7/h1-6,10,15H. The van der Waals surface area contributed by atoms with Gasteiger partial charge in [-0.15, -0.1) is 0 Å². The van der Waals surface area contributed by atoms with Crippen LogP contribution in [0.3, 0.4) is 0 Å². The molecule has 78 valence electrons. The van der Waals surface area contributed by atoms with Crippen molar-refractivity contribution in [1.82, 2.24) is 9.78 Å². The van der Waals surface area contributed by atoms with Gasteiger partial charge in [-0.2, -0.15) is 13.9 Å². The predicted molar refractivity (Wildman–Crippen MR) is 50.6 cm³/mol. The molecule has 0 atom stereocenters. The molecule has 5 heteroatoms. The number of rotatable bonds is 2. The second kappa shape index (κ2) is 3.68. The highest BCUT2D eigenvalue weighted by Gasteiger charge is 2.08. The van der Waals surface area contributed by atoms with Crippen molar-refractivity contribution in [3.63, 3.8) is 0 Å². The van der Waals surface area contributed by atoms with E-state index in [1.807, 2.05) is 0 Å². The summed E-state index contributed by atoms with van der Waals surface area (Å²) in [5.41, 5.74) is 1.33. The lowest BCUT2D eigenvalue weighted by Crippen LogP contribution is -1.96. The molecule has 0 aliphatic carbocycles. The number of phenolic OH excluding ortho intramolecular Hbond substituents is 1. The molecule has 0 fully saturated rings. The number of halogens is 2. The second-order valence-electron chi connectivity index (χ2n) is 3.03. The van der Waals surface area contributed by atoms with Gasteiger partial charge in [0.15, 0.2) is 0 Å². The summed E-state index contributed by atoms with van der Waals surface area (Å²) >= 11 is 0. The number of aromatic nitrogens is 2. The SMILES string of the molecule is Oc1ccc(-c2cnn(C(F)F)c2)cc1. The molecule has 0 unspecified atom stereocenters. The molecule has 1 N–H and O–H groups in total. The van der Waals surface area contributed by atoms with Gasteiger partial charge < -0.3 is 5.11 Å². The van der Waals surface area contributed by atoms with E-state index in [9.17, 15) is 8.78 Å². The molecule has 1 aromatic heterocycles. The van der Waals surface area contributed by atoms with Crippen LogP contribution in [0, 0.1) is 0 Å². The van der Waals surface area contributed by atoms with Crippen molar-refractivity contribution >= 4 is 0 Å². The Morgan fingerprint density at radius 2 is 1.80 bits per heavy atom. The molecule has 0 aliphatic rings. The minimum atomic E-state index is -2.63. The molecule has 2 rings (SSSR count). The fourth-order valence-electron chi connectivity index (χ4n) is 1.25. The Kier molecular flexibility index (Phi) is 2.37. The monoisotopic (exact) mass is 210 g/mol. The first-order chi connectivity index (χ1) is 7.16. The van der Waals surface area contributed by atoms with Crippen LogP contribution in [0.25, 0.3) is 11.1 Å². The summed E-state index contributed by atoms with van der Waals surface area (Å²) in [5, 5.41) is 12.6. The summed E-state index contributed by atoms with van der Waals surface area (Å²) < 4.78 is 25.0. The van der Waals surface area contributed by atoms with Crippen LogP contribution in [0.1, 0.15) is 6.55 Å². The minimum absolute atomic E-state index is 0.139. The van der Waals surface area contributed by atoms with Gasteiger partial charge >= 0.3 is 6.55 Å². The number of nitrogens with zero attached hydrogens (tertiary/aromatic N) is 2. The van der Waals surface area contributed by atoms with Crippen LogP contribution in [0.5, 0.6) is 5.75 Å². The maximum Gasteiger partial charge on any atom is 0.333 e. The van der Waals surface area contributed by atoms with Crippen molar-refractivity contribution in [2.45, 2.75) is 6.55 Å². The van der Waals surface area contributed by atoms with E-state index in [1.165, 1.54) is 24.5 Å². The molecular formula is C10H8F2N2O. The molecule has 1 heterocycles. The number of alkyl halides is 2. The Bertz CT molecular complexity index is 451. The normalized spacial score (nSPS) is 10.9. The van der Waals surface area contributed by atoms with E-state index in [-0.39, 0.29) is 5.75 Å². The maximum atomic E-state index is 12.2. The van der Waals surface area contributed by atoms with E-state index in [0.29, 0.717) is 10.2 Å². The highest BCUT2D eigenvalue weighted by atomic mass is 19.3. The fourth-order valence-corrected chi connectivity index (χ4v) is 1.25. The van der Waals surface area contributed by atoms with Crippen molar-refractivity contribution in [3.8, 4) is 16.9 Å². The highest BCUT2D eigenvalue weighted by molar-refractivity contribution is 5.62. The zero-order valence-corrected chi connectivity index (χ0v) is 7.64. The average molecular weight is 210 g/mol. The lowest BCUT2D eigenvalue weighted by Gasteiger charge is -1.97. The van der Waals surface area contributed by atoms with Crippen molar-refractivity contribution in [1.29, 1.82) is 0 Å². The van der Waals surface area contributed by atoms with Crippen LogP contribution in [0.15, 0.2) is 36.7 Å². The van der Waals surface area contributed by atoms with E-state index >= 15 is 0 Å². The van der Waals surface area contributed by atoms with Gasteiger partial charge in [-0.3, -0.25) is 0 Å². The first-order valence-corrected chi connectivity index (χ1v) is 4.28. The largest absolute Gasteiger partial charge is 0.508 e. The number of benzene rings is 1. The fraction of sp³-hybridized carbons (Fsp3) is 0.100. The lowest BCUT2D eigenvalue weighted by molar-refractivity contribution is 0.0566. The summed E-state index contributed by atoms with van der Waals surface area (Å²) in [6.07, 6.45) is 2.62. The second-order valence-corrected chi connectivity index (χ2v) is 3.03. The van der Waals surface area contributed by atoms with Crippen LogP contribution in [0.4, 0.5) is 8.78 Å². The van der Waals surface area contributed by atoms with Gasteiger partial charge in [0.2, 0.25) is 0 Å². The van der Waals surface area contributed by atoms with Gasteiger partial charge in [-0.1, -0.05) is 12.1 Å². The van der Waals surface area contributed by atoms with E-state index in [1.54, 1.807) is 12.1 Å². The smallest absolute Gasteiger partial charge is 0.333 e. The third-order valence-electron chi connectivity index (χ3n) is 2.00. The molecule has 0 spiro atoms. The van der Waals surface area contributed by atoms with E-state index in [4.69, 9.17) is 5.11 Å². The van der Waals surface area contributed by atoms with Crippen LogP contribution < -0.4 is 0 Å². The Morgan fingerprint density at radius 3 is 2.33 bits per heavy atom. The zero-order valence-electron chi connectivity index (χ0n) is 7.64. The third kappa shape index (κ3) is 1.96. The third-order valence-corrected chi connectivity index (χ3v) is 2.00. The van der Waals surface area contributed by atoms with Crippen LogP contribution in [0.2, 0.25) is 0 Å². The predicted octanol–water partition coefficient (Wildman–Crippen LogP) is 2.65. The van der Waals surface area contributed by atoms with Crippen molar-refractivity contribution in [2.75, 3.05) is 0 Å². The molecule has 0 amide bonds. The van der Waals surface area contributed by atoms with Gasteiger partial charge in [0.25, 0.3) is 0 Å². The summed E-state index contributed by atoms with van der Waals surface area (Å²) in [6.45, 7) is -2.63. The van der Waals surface area contributed by atoms with Crippen LogP contribution in [-0.2, 0) is 0 Å². The summed E-state index contributed by atoms with van der Waals surface area (Å²) in [7, 11) is 0. The van der Waals surface area contributed by atoms with Gasteiger partial charge in [-0.25, -0.2) is 4.68 Å². The first-order valence-electron chi connectivity index (χ1n) is 4.28. The summed E-state index contributed by atoms with van der Waals surface area (Å²) in [4.78, 5) is 0. The molecule has 0 radical (unpaired) electrons. The quantitative estimate of drug-likeness (QED) is 0.827. The number of hydrogen-bond acceptors (Lipinski definition) is 2.